The molecule has 0 bridgehead atoms. The van der Waals surface area contributed by atoms with Crippen molar-refractivity contribution in [2.45, 2.75) is 59.8 Å². The van der Waals surface area contributed by atoms with Crippen LogP contribution in [-0.2, 0) is 0 Å². The highest BCUT2D eigenvalue weighted by Gasteiger charge is 1.93. The fraction of sp³-hybridized carbons (Fsp3) is 0.529. The Morgan fingerprint density at radius 3 is 2.18 bits per heavy atom. The lowest BCUT2D eigenvalue weighted by molar-refractivity contribution is 0.901. The van der Waals surface area contributed by atoms with Gasteiger partial charge in [-0.1, -0.05) is 41.0 Å². The van der Waals surface area contributed by atoms with E-state index in [-0.39, 0.29) is 0 Å². The summed E-state index contributed by atoms with van der Waals surface area (Å²) in [6, 6.07) is 0. The van der Waals surface area contributed by atoms with E-state index < -0.39 is 0 Å². The molecule has 0 aromatic carbocycles. The average Bonchev–Trinajstić information content (AvgIpc) is 2.27. The molecule has 17 heavy (non-hydrogen) atoms. The number of hydrogen-bond acceptors (Lipinski definition) is 0. The first-order valence-corrected chi connectivity index (χ1v) is 6.64. The zero-order valence-electron chi connectivity index (χ0n) is 12.1. The lowest BCUT2D eigenvalue weighted by atomic mass is 10.0. The highest BCUT2D eigenvalue weighted by Crippen LogP contribution is 2.13. The Morgan fingerprint density at radius 2 is 1.65 bits per heavy atom. The minimum Gasteiger partial charge on any atom is -0.103 e. The van der Waals surface area contributed by atoms with Gasteiger partial charge in [0.2, 0.25) is 0 Å². The number of hydrogen-bond donors (Lipinski definition) is 0. The maximum absolute atomic E-state index is 3.79. The van der Waals surface area contributed by atoms with Crippen LogP contribution in [0.25, 0.3) is 0 Å². The molecular weight excluding hydrogens is 204 g/mol. The predicted molar refractivity (Wildman–Crippen MR) is 80.2 cm³/mol. The molecular formula is C17H28. The standard InChI is InChI=1S/C17H28/c1-6-10-17(7-2)14-9-13-16(5)12-8-11-15(3)4/h6-7,11,13H,1,8-10,12,14H2,2-5H3/b16-13+,17-7+. The predicted octanol–water partition coefficient (Wildman–Crippen LogP) is 5.98. The van der Waals surface area contributed by atoms with Gasteiger partial charge < -0.3 is 0 Å². The molecule has 0 heteroatoms. The van der Waals surface area contributed by atoms with Crippen LogP contribution in [0.15, 0.2) is 47.6 Å². The molecule has 0 nitrogen and oxygen atoms in total. The lowest BCUT2D eigenvalue weighted by Crippen LogP contribution is -1.82. The van der Waals surface area contributed by atoms with Crippen molar-refractivity contribution in [3.05, 3.63) is 47.6 Å². The van der Waals surface area contributed by atoms with Crippen LogP contribution in [0.3, 0.4) is 0 Å². The van der Waals surface area contributed by atoms with E-state index in [9.17, 15) is 0 Å². The SMILES string of the molecule is C=CC/C(=C\C)CC/C=C(\C)CCC=C(C)C. The van der Waals surface area contributed by atoms with Gasteiger partial charge in [0.25, 0.3) is 0 Å². The molecule has 0 rings (SSSR count). The van der Waals surface area contributed by atoms with Crippen LogP contribution in [-0.4, -0.2) is 0 Å². The van der Waals surface area contributed by atoms with Crippen LogP contribution >= 0.6 is 0 Å². The smallest absolute Gasteiger partial charge is 0.0142 e. The molecule has 0 atom stereocenters. The van der Waals surface area contributed by atoms with Gasteiger partial charge >= 0.3 is 0 Å². The first-order valence-electron chi connectivity index (χ1n) is 6.64. The van der Waals surface area contributed by atoms with Crippen molar-refractivity contribution in [2.24, 2.45) is 0 Å². The molecule has 0 spiro atoms. The van der Waals surface area contributed by atoms with E-state index in [0.29, 0.717) is 0 Å². The molecule has 0 saturated carbocycles. The van der Waals surface area contributed by atoms with Crippen LogP contribution in [0, 0.1) is 0 Å². The molecule has 0 aliphatic rings. The van der Waals surface area contributed by atoms with Crippen molar-refractivity contribution in [2.75, 3.05) is 0 Å². The van der Waals surface area contributed by atoms with Gasteiger partial charge in [0.1, 0.15) is 0 Å². The molecule has 0 fully saturated rings. The molecule has 0 unspecified atom stereocenters. The summed E-state index contributed by atoms with van der Waals surface area (Å²) >= 11 is 0. The van der Waals surface area contributed by atoms with Gasteiger partial charge in [0.05, 0.1) is 0 Å². The maximum Gasteiger partial charge on any atom is -0.0142 e. The monoisotopic (exact) mass is 232 g/mol. The van der Waals surface area contributed by atoms with Gasteiger partial charge in [-0.2, -0.15) is 0 Å². The number of rotatable bonds is 8. The third-order valence-electron chi connectivity index (χ3n) is 2.86. The zero-order chi connectivity index (χ0) is 13.1. The summed E-state index contributed by atoms with van der Waals surface area (Å²) in [6.45, 7) is 12.5. The van der Waals surface area contributed by atoms with E-state index in [0.717, 1.165) is 12.8 Å². The molecule has 0 aliphatic heterocycles. The lowest BCUT2D eigenvalue weighted by Gasteiger charge is -2.03. The highest BCUT2D eigenvalue weighted by atomic mass is 14.0. The molecule has 0 heterocycles. The molecule has 0 radical (unpaired) electrons. The number of allylic oxidation sites excluding steroid dienone is 7. The Hall–Kier alpha value is -1.04. The first kappa shape index (κ1) is 16.0. The van der Waals surface area contributed by atoms with Crippen LogP contribution in [0.2, 0.25) is 0 Å². The summed E-state index contributed by atoms with van der Waals surface area (Å²) in [6.07, 6.45) is 14.6. The van der Waals surface area contributed by atoms with Crippen LogP contribution in [0.5, 0.6) is 0 Å². The van der Waals surface area contributed by atoms with Gasteiger partial charge in [0, 0.05) is 0 Å². The van der Waals surface area contributed by atoms with Crippen molar-refractivity contribution < 1.29 is 0 Å². The summed E-state index contributed by atoms with van der Waals surface area (Å²) in [7, 11) is 0. The minimum atomic E-state index is 1.03. The van der Waals surface area contributed by atoms with E-state index in [2.05, 4.69) is 52.5 Å². The summed E-state index contributed by atoms with van der Waals surface area (Å²) in [5, 5.41) is 0. The fourth-order valence-corrected chi connectivity index (χ4v) is 1.74. The van der Waals surface area contributed by atoms with Gasteiger partial charge in [-0.25, -0.2) is 0 Å². The topological polar surface area (TPSA) is 0 Å². The Bertz CT molecular complexity index is 296. The molecule has 0 aromatic heterocycles. The van der Waals surface area contributed by atoms with Crippen molar-refractivity contribution in [3.63, 3.8) is 0 Å². The first-order chi connectivity index (χ1) is 8.10. The zero-order valence-corrected chi connectivity index (χ0v) is 12.1. The van der Waals surface area contributed by atoms with Crippen LogP contribution < -0.4 is 0 Å². The van der Waals surface area contributed by atoms with Gasteiger partial charge in [-0.15, -0.1) is 6.58 Å². The van der Waals surface area contributed by atoms with Gasteiger partial charge in [0.15, 0.2) is 0 Å². The van der Waals surface area contributed by atoms with Crippen molar-refractivity contribution in [1.29, 1.82) is 0 Å². The maximum atomic E-state index is 3.79. The second kappa shape index (κ2) is 10.1. The summed E-state index contributed by atoms with van der Waals surface area (Å²) < 4.78 is 0. The largest absolute Gasteiger partial charge is 0.103 e. The second-order valence-electron chi connectivity index (χ2n) is 4.85. The van der Waals surface area contributed by atoms with E-state index in [4.69, 9.17) is 0 Å². The Kier molecular flexibility index (Phi) is 9.52. The second-order valence-corrected chi connectivity index (χ2v) is 4.85. The molecule has 0 amide bonds. The molecule has 0 aromatic rings. The Morgan fingerprint density at radius 1 is 1.00 bits per heavy atom. The summed E-state index contributed by atoms with van der Waals surface area (Å²) in [4.78, 5) is 0. The normalized spacial score (nSPS) is 12.5. The van der Waals surface area contributed by atoms with E-state index >= 15 is 0 Å². The average molecular weight is 232 g/mol. The summed E-state index contributed by atoms with van der Waals surface area (Å²) in [5.41, 5.74) is 4.42. The van der Waals surface area contributed by atoms with Crippen LogP contribution in [0.4, 0.5) is 0 Å². The molecule has 96 valence electrons. The summed E-state index contributed by atoms with van der Waals surface area (Å²) in [5.74, 6) is 0. The third kappa shape index (κ3) is 9.86. The highest BCUT2D eigenvalue weighted by molar-refractivity contribution is 5.08. The minimum absolute atomic E-state index is 1.03. The third-order valence-corrected chi connectivity index (χ3v) is 2.86. The molecule has 0 N–H and O–H groups in total. The van der Waals surface area contributed by atoms with Crippen molar-refractivity contribution in [3.8, 4) is 0 Å². The quantitative estimate of drug-likeness (QED) is 0.451. The van der Waals surface area contributed by atoms with Crippen molar-refractivity contribution >= 4 is 0 Å². The van der Waals surface area contributed by atoms with Gasteiger partial charge in [-0.05, 0) is 59.8 Å². The molecule has 0 saturated heterocycles. The van der Waals surface area contributed by atoms with Gasteiger partial charge in [-0.3, -0.25) is 0 Å². The van der Waals surface area contributed by atoms with E-state index in [1.54, 1.807) is 0 Å². The fourth-order valence-electron chi connectivity index (χ4n) is 1.74. The molecule has 0 aliphatic carbocycles. The Labute approximate surface area is 108 Å². The van der Waals surface area contributed by atoms with E-state index in [1.807, 2.05) is 6.08 Å². The Balaban J connectivity index is 3.90. The van der Waals surface area contributed by atoms with Crippen LogP contribution in [0.1, 0.15) is 59.8 Å². The van der Waals surface area contributed by atoms with E-state index in [1.165, 1.54) is 36.0 Å². The van der Waals surface area contributed by atoms with Crippen molar-refractivity contribution in [1.82, 2.24) is 0 Å².